The van der Waals surface area contributed by atoms with E-state index in [9.17, 15) is 26.4 Å². The predicted octanol–water partition coefficient (Wildman–Crippen LogP) is 0.685. The van der Waals surface area contributed by atoms with Crippen molar-refractivity contribution in [3.63, 3.8) is 0 Å². The highest BCUT2D eigenvalue weighted by Crippen LogP contribution is 2.29. The SMILES string of the molecule is NS(=O)(=O)c1cnc(N2CCCC(C(=O)NCC(F)(F)F)C2)s1. The van der Waals surface area contributed by atoms with E-state index in [-0.39, 0.29) is 10.8 Å². The van der Waals surface area contributed by atoms with Gasteiger partial charge in [0.15, 0.2) is 9.34 Å². The monoisotopic (exact) mass is 372 g/mol. The second kappa shape index (κ2) is 6.61. The average molecular weight is 372 g/mol. The molecule has 2 rings (SSSR count). The van der Waals surface area contributed by atoms with Gasteiger partial charge in [-0.05, 0) is 12.8 Å². The van der Waals surface area contributed by atoms with Crippen molar-refractivity contribution in [2.24, 2.45) is 11.1 Å². The van der Waals surface area contributed by atoms with Crippen molar-refractivity contribution in [2.45, 2.75) is 23.2 Å². The molecule has 0 bridgehead atoms. The zero-order valence-corrected chi connectivity index (χ0v) is 13.5. The largest absolute Gasteiger partial charge is 0.405 e. The first-order valence-corrected chi connectivity index (χ1v) is 9.00. The molecule has 1 aromatic heterocycles. The molecular weight excluding hydrogens is 357 g/mol. The van der Waals surface area contributed by atoms with E-state index in [0.717, 1.165) is 17.5 Å². The van der Waals surface area contributed by atoms with Crippen molar-refractivity contribution in [3.05, 3.63) is 6.20 Å². The third-order valence-electron chi connectivity index (χ3n) is 3.28. The lowest BCUT2D eigenvalue weighted by Crippen LogP contribution is -2.45. The van der Waals surface area contributed by atoms with Crippen LogP contribution in [0.2, 0.25) is 0 Å². The van der Waals surface area contributed by atoms with E-state index >= 15 is 0 Å². The van der Waals surface area contributed by atoms with Crippen LogP contribution in [0.15, 0.2) is 10.4 Å². The van der Waals surface area contributed by atoms with Crippen LogP contribution in [-0.2, 0) is 14.8 Å². The highest BCUT2D eigenvalue weighted by atomic mass is 32.2. The fourth-order valence-corrected chi connectivity index (χ4v) is 3.80. The summed E-state index contributed by atoms with van der Waals surface area (Å²) >= 11 is 0.868. The summed E-state index contributed by atoms with van der Waals surface area (Å²) in [6.07, 6.45) is -2.27. The highest BCUT2D eigenvalue weighted by molar-refractivity contribution is 7.91. The fraction of sp³-hybridized carbons (Fsp3) is 0.636. The van der Waals surface area contributed by atoms with Crippen LogP contribution in [0.1, 0.15) is 12.8 Å². The topological polar surface area (TPSA) is 105 Å². The maximum Gasteiger partial charge on any atom is 0.405 e. The van der Waals surface area contributed by atoms with Crippen LogP contribution in [0.3, 0.4) is 0 Å². The number of rotatable bonds is 4. The number of thiazole rings is 1. The van der Waals surface area contributed by atoms with E-state index in [1.807, 2.05) is 5.32 Å². The molecule has 23 heavy (non-hydrogen) atoms. The van der Waals surface area contributed by atoms with Crippen molar-refractivity contribution in [1.82, 2.24) is 10.3 Å². The summed E-state index contributed by atoms with van der Waals surface area (Å²) in [5, 5.41) is 7.26. The number of alkyl halides is 3. The van der Waals surface area contributed by atoms with Gasteiger partial charge in [0.2, 0.25) is 15.9 Å². The van der Waals surface area contributed by atoms with Crippen LogP contribution in [0.25, 0.3) is 0 Å². The van der Waals surface area contributed by atoms with E-state index in [0.29, 0.717) is 24.5 Å². The van der Waals surface area contributed by atoms with Gasteiger partial charge in [0.05, 0.1) is 12.1 Å². The maximum absolute atomic E-state index is 12.1. The number of hydrogen-bond acceptors (Lipinski definition) is 6. The Hall–Kier alpha value is -1.40. The van der Waals surface area contributed by atoms with Gasteiger partial charge in [-0.2, -0.15) is 13.2 Å². The Morgan fingerprint density at radius 3 is 2.78 bits per heavy atom. The summed E-state index contributed by atoms with van der Waals surface area (Å²) in [7, 11) is -3.85. The number of primary sulfonamides is 1. The molecule has 0 aliphatic carbocycles. The minimum absolute atomic E-state index is 0.101. The van der Waals surface area contributed by atoms with E-state index in [2.05, 4.69) is 4.98 Å². The van der Waals surface area contributed by atoms with Gasteiger partial charge < -0.3 is 10.2 Å². The minimum atomic E-state index is -4.45. The molecule has 1 atom stereocenters. The lowest BCUT2D eigenvalue weighted by atomic mass is 9.97. The Balaban J connectivity index is 2.00. The molecule has 130 valence electrons. The van der Waals surface area contributed by atoms with Gasteiger partial charge in [-0.15, -0.1) is 0 Å². The first-order chi connectivity index (χ1) is 10.6. The van der Waals surface area contributed by atoms with Gasteiger partial charge in [-0.1, -0.05) is 11.3 Å². The molecule has 3 N–H and O–H groups in total. The van der Waals surface area contributed by atoms with Crippen molar-refractivity contribution in [1.29, 1.82) is 0 Å². The zero-order valence-electron chi connectivity index (χ0n) is 11.8. The van der Waals surface area contributed by atoms with Gasteiger partial charge >= 0.3 is 6.18 Å². The quantitative estimate of drug-likeness (QED) is 0.809. The smallest absolute Gasteiger partial charge is 0.347 e. The van der Waals surface area contributed by atoms with Crippen molar-refractivity contribution < 1.29 is 26.4 Å². The Bertz CT molecular complexity index is 674. The first-order valence-electron chi connectivity index (χ1n) is 6.64. The number of hydrogen-bond donors (Lipinski definition) is 2. The summed E-state index contributed by atoms with van der Waals surface area (Å²) in [5.74, 6) is -1.27. The standard InChI is InChI=1S/C11H15F3N4O3S2/c12-11(13,14)6-17-9(19)7-2-1-3-18(5-7)10-16-4-8(22-10)23(15,20)21/h4,7H,1-3,5-6H2,(H,17,19)(H2,15,20,21). The molecule has 0 spiro atoms. The van der Waals surface area contributed by atoms with Gasteiger partial charge in [-0.25, -0.2) is 18.5 Å². The Morgan fingerprint density at radius 1 is 1.52 bits per heavy atom. The summed E-state index contributed by atoms with van der Waals surface area (Å²) in [4.78, 5) is 17.5. The number of sulfonamides is 1. The second-order valence-electron chi connectivity index (χ2n) is 5.13. The van der Waals surface area contributed by atoms with Crippen molar-refractivity contribution in [2.75, 3.05) is 24.5 Å². The number of anilines is 1. The lowest BCUT2D eigenvalue weighted by Gasteiger charge is -2.31. The number of nitrogens with zero attached hydrogens (tertiary/aromatic N) is 2. The normalized spacial score (nSPS) is 19.7. The van der Waals surface area contributed by atoms with E-state index < -0.39 is 34.6 Å². The number of nitrogens with two attached hydrogens (primary N) is 1. The number of aromatic nitrogens is 1. The summed E-state index contributed by atoms with van der Waals surface area (Å²) in [6.45, 7) is -0.642. The Kier molecular flexibility index (Phi) is 5.16. The molecule has 0 aromatic carbocycles. The molecule has 1 aliphatic heterocycles. The summed E-state index contributed by atoms with van der Waals surface area (Å²) in [6, 6.07) is 0. The van der Waals surface area contributed by atoms with Crippen LogP contribution in [0.4, 0.5) is 18.3 Å². The number of amides is 1. The third-order valence-corrected chi connectivity index (χ3v) is 5.74. The molecule has 1 aromatic rings. The number of halogens is 3. The second-order valence-corrected chi connectivity index (χ2v) is 7.92. The minimum Gasteiger partial charge on any atom is -0.347 e. The summed E-state index contributed by atoms with van der Waals surface area (Å²) < 4.78 is 58.8. The van der Waals surface area contributed by atoms with E-state index in [1.165, 1.54) is 0 Å². The van der Waals surface area contributed by atoms with Gasteiger partial charge in [0.25, 0.3) is 0 Å². The summed E-state index contributed by atoms with van der Waals surface area (Å²) in [5.41, 5.74) is 0. The molecule has 0 saturated carbocycles. The molecule has 1 saturated heterocycles. The van der Waals surface area contributed by atoms with Gasteiger partial charge in [-0.3, -0.25) is 4.79 Å². The fourth-order valence-electron chi connectivity index (χ4n) is 2.22. The van der Waals surface area contributed by atoms with Gasteiger partial charge in [0.1, 0.15) is 6.54 Å². The van der Waals surface area contributed by atoms with Crippen LogP contribution in [0.5, 0.6) is 0 Å². The molecule has 1 unspecified atom stereocenters. The Labute approximate surface area is 134 Å². The number of piperidine rings is 1. The molecule has 1 aliphatic rings. The molecular formula is C11H15F3N4O3S2. The average Bonchev–Trinajstić information content (AvgIpc) is 2.94. The van der Waals surface area contributed by atoms with Crippen LogP contribution >= 0.6 is 11.3 Å². The van der Waals surface area contributed by atoms with E-state index in [4.69, 9.17) is 5.14 Å². The highest BCUT2D eigenvalue weighted by Gasteiger charge is 2.32. The molecule has 7 nitrogen and oxygen atoms in total. The molecule has 2 heterocycles. The zero-order chi connectivity index (χ0) is 17.3. The molecule has 1 fully saturated rings. The van der Waals surface area contributed by atoms with Crippen LogP contribution in [0, 0.1) is 5.92 Å². The lowest BCUT2D eigenvalue weighted by molar-refractivity contribution is -0.140. The predicted molar refractivity (Wildman–Crippen MR) is 77.5 cm³/mol. The number of nitrogens with one attached hydrogen (secondary N) is 1. The van der Waals surface area contributed by atoms with Crippen molar-refractivity contribution >= 4 is 32.4 Å². The van der Waals surface area contributed by atoms with E-state index in [1.54, 1.807) is 4.90 Å². The van der Waals surface area contributed by atoms with Crippen molar-refractivity contribution in [3.8, 4) is 0 Å². The maximum atomic E-state index is 12.1. The van der Waals surface area contributed by atoms with Crippen LogP contribution < -0.4 is 15.4 Å². The third kappa shape index (κ3) is 5.04. The molecule has 1 amide bonds. The van der Waals surface area contributed by atoms with Crippen LogP contribution in [-0.4, -0.2) is 45.1 Å². The molecule has 0 radical (unpaired) electrons. The Morgan fingerprint density at radius 2 is 2.22 bits per heavy atom. The number of carbonyl (C=O) groups excluding carboxylic acids is 1. The number of carbonyl (C=O) groups is 1. The molecule has 12 heteroatoms. The first kappa shape index (κ1) is 17.9. The van der Waals surface area contributed by atoms with Gasteiger partial charge in [0, 0.05) is 13.1 Å².